The largest absolute Gasteiger partial charge is 0.271 e. The third-order valence-corrected chi connectivity index (χ3v) is 2.61. The van der Waals surface area contributed by atoms with Crippen LogP contribution in [0.1, 0.15) is 44.0 Å². The van der Waals surface area contributed by atoms with Crippen molar-refractivity contribution < 1.29 is 0 Å². The Bertz CT molecular complexity index is 297. The van der Waals surface area contributed by atoms with Gasteiger partial charge in [-0.3, -0.25) is 16.3 Å². The van der Waals surface area contributed by atoms with Gasteiger partial charge in [0.1, 0.15) is 0 Å². The molecule has 0 aromatic carbocycles. The van der Waals surface area contributed by atoms with Gasteiger partial charge in [0.25, 0.3) is 0 Å². The topological polar surface area (TPSA) is 50.9 Å². The van der Waals surface area contributed by atoms with E-state index in [1.807, 2.05) is 12.3 Å². The van der Waals surface area contributed by atoms with Crippen molar-refractivity contribution in [3.05, 3.63) is 29.6 Å². The number of hydrogen-bond donors (Lipinski definition) is 2. The van der Waals surface area contributed by atoms with Crippen LogP contribution in [0.3, 0.4) is 0 Å². The molecule has 1 atom stereocenters. The SMILES string of the molecule is Cc1cccnc1C(CCC(C)C)NN. The Morgan fingerprint density at radius 3 is 2.67 bits per heavy atom. The number of nitrogens with two attached hydrogens (primary N) is 1. The van der Waals surface area contributed by atoms with E-state index >= 15 is 0 Å². The van der Waals surface area contributed by atoms with Gasteiger partial charge in [0.2, 0.25) is 0 Å². The van der Waals surface area contributed by atoms with E-state index in [1.54, 1.807) is 0 Å². The lowest BCUT2D eigenvalue weighted by atomic mass is 9.99. The summed E-state index contributed by atoms with van der Waals surface area (Å²) in [5.41, 5.74) is 5.12. The highest BCUT2D eigenvalue weighted by molar-refractivity contribution is 5.20. The number of nitrogens with zero attached hydrogens (tertiary/aromatic N) is 1. The summed E-state index contributed by atoms with van der Waals surface area (Å²) in [6.07, 6.45) is 4.01. The van der Waals surface area contributed by atoms with Crippen molar-refractivity contribution in [2.45, 2.75) is 39.7 Å². The van der Waals surface area contributed by atoms with E-state index in [0.717, 1.165) is 18.5 Å². The molecule has 1 aromatic heterocycles. The fraction of sp³-hybridized carbons (Fsp3) is 0.583. The van der Waals surface area contributed by atoms with Crippen molar-refractivity contribution in [3.63, 3.8) is 0 Å². The Labute approximate surface area is 92.1 Å². The third-order valence-electron chi connectivity index (χ3n) is 2.61. The molecular weight excluding hydrogens is 186 g/mol. The fourth-order valence-corrected chi connectivity index (χ4v) is 1.66. The van der Waals surface area contributed by atoms with Gasteiger partial charge in [-0.05, 0) is 37.3 Å². The highest BCUT2D eigenvalue weighted by Crippen LogP contribution is 2.20. The lowest BCUT2D eigenvalue weighted by Gasteiger charge is -2.18. The van der Waals surface area contributed by atoms with Gasteiger partial charge >= 0.3 is 0 Å². The first kappa shape index (κ1) is 12.1. The van der Waals surface area contributed by atoms with Crippen molar-refractivity contribution in [2.75, 3.05) is 0 Å². The van der Waals surface area contributed by atoms with Gasteiger partial charge in [-0.2, -0.15) is 0 Å². The summed E-state index contributed by atoms with van der Waals surface area (Å²) in [6, 6.07) is 4.20. The number of aryl methyl sites for hydroxylation is 1. The second-order valence-electron chi connectivity index (χ2n) is 4.40. The van der Waals surface area contributed by atoms with Crippen molar-refractivity contribution in [3.8, 4) is 0 Å². The van der Waals surface area contributed by atoms with Gasteiger partial charge in [0.05, 0.1) is 11.7 Å². The molecule has 1 rings (SSSR count). The smallest absolute Gasteiger partial charge is 0.0634 e. The van der Waals surface area contributed by atoms with Crippen LogP contribution in [0.25, 0.3) is 0 Å². The first-order valence-electron chi connectivity index (χ1n) is 5.52. The quantitative estimate of drug-likeness (QED) is 0.575. The zero-order valence-corrected chi connectivity index (χ0v) is 9.83. The summed E-state index contributed by atoms with van der Waals surface area (Å²) in [5, 5.41) is 0. The lowest BCUT2D eigenvalue weighted by Crippen LogP contribution is -2.29. The monoisotopic (exact) mass is 207 g/mol. The molecule has 0 aliphatic heterocycles. The fourth-order valence-electron chi connectivity index (χ4n) is 1.66. The Morgan fingerprint density at radius 2 is 2.13 bits per heavy atom. The van der Waals surface area contributed by atoms with Crippen LogP contribution < -0.4 is 11.3 Å². The molecule has 0 aliphatic rings. The Morgan fingerprint density at radius 1 is 1.40 bits per heavy atom. The maximum atomic E-state index is 5.57. The van der Waals surface area contributed by atoms with Gasteiger partial charge in [0.15, 0.2) is 0 Å². The van der Waals surface area contributed by atoms with E-state index < -0.39 is 0 Å². The van der Waals surface area contributed by atoms with E-state index in [9.17, 15) is 0 Å². The Hall–Kier alpha value is -0.930. The van der Waals surface area contributed by atoms with Crippen LogP contribution in [-0.2, 0) is 0 Å². The predicted molar refractivity (Wildman–Crippen MR) is 63.1 cm³/mol. The van der Waals surface area contributed by atoms with Gasteiger partial charge in [-0.25, -0.2) is 0 Å². The minimum absolute atomic E-state index is 0.175. The first-order chi connectivity index (χ1) is 7.15. The van der Waals surface area contributed by atoms with E-state index in [2.05, 4.69) is 37.2 Å². The average molecular weight is 207 g/mol. The van der Waals surface area contributed by atoms with Crippen molar-refractivity contribution >= 4 is 0 Å². The summed E-state index contributed by atoms with van der Waals surface area (Å²) in [6.45, 7) is 6.51. The zero-order valence-electron chi connectivity index (χ0n) is 9.83. The third kappa shape index (κ3) is 3.61. The van der Waals surface area contributed by atoms with Crippen LogP contribution in [0.2, 0.25) is 0 Å². The van der Waals surface area contributed by atoms with E-state index in [-0.39, 0.29) is 6.04 Å². The number of pyridine rings is 1. The number of rotatable bonds is 5. The van der Waals surface area contributed by atoms with Gasteiger partial charge in [-0.1, -0.05) is 19.9 Å². The van der Waals surface area contributed by atoms with Gasteiger partial charge in [0, 0.05) is 6.20 Å². The first-order valence-corrected chi connectivity index (χ1v) is 5.52. The second kappa shape index (κ2) is 5.83. The summed E-state index contributed by atoms with van der Waals surface area (Å²) in [7, 11) is 0. The molecule has 0 spiro atoms. The summed E-state index contributed by atoms with van der Waals surface area (Å²) in [4.78, 5) is 4.38. The van der Waals surface area contributed by atoms with Crippen LogP contribution in [0.15, 0.2) is 18.3 Å². The van der Waals surface area contributed by atoms with E-state index in [1.165, 1.54) is 5.56 Å². The second-order valence-corrected chi connectivity index (χ2v) is 4.40. The van der Waals surface area contributed by atoms with E-state index in [4.69, 9.17) is 5.84 Å². The number of nitrogens with one attached hydrogen (secondary N) is 1. The van der Waals surface area contributed by atoms with Crippen molar-refractivity contribution in [1.82, 2.24) is 10.4 Å². The number of aromatic nitrogens is 1. The van der Waals surface area contributed by atoms with Gasteiger partial charge in [-0.15, -0.1) is 0 Å². The summed E-state index contributed by atoms with van der Waals surface area (Å²) < 4.78 is 0. The molecular formula is C12H21N3. The maximum absolute atomic E-state index is 5.57. The van der Waals surface area contributed by atoms with Crippen LogP contribution in [0, 0.1) is 12.8 Å². The molecule has 15 heavy (non-hydrogen) atoms. The van der Waals surface area contributed by atoms with Crippen molar-refractivity contribution in [1.29, 1.82) is 0 Å². The molecule has 3 N–H and O–H groups in total. The van der Waals surface area contributed by atoms with Crippen LogP contribution in [-0.4, -0.2) is 4.98 Å². The standard InChI is InChI=1S/C12H21N3/c1-9(2)6-7-11(15-13)12-10(3)5-4-8-14-12/h4-5,8-9,11,15H,6-7,13H2,1-3H3. The highest BCUT2D eigenvalue weighted by atomic mass is 15.2. The molecule has 0 aliphatic carbocycles. The van der Waals surface area contributed by atoms with Crippen LogP contribution >= 0.6 is 0 Å². The van der Waals surface area contributed by atoms with Crippen LogP contribution in [0.4, 0.5) is 0 Å². The molecule has 0 fully saturated rings. The Kier molecular flexibility index (Phi) is 4.72. The minimum atomic E-state index is 0.175. The van der Waals surface area contributed by atoms with Crippen molar-refractivity contribution in [2.24, 2.45) is 11.8 Å². The highest BCUT2D eigenvalue weighted by Gasteiger charge is 2.13. The minimum Gasteiger partial charge on any atom is -0.271 e. The summed E-state index contributed by atoms with van der Waals surface area (Å²) in [5.74, 6) is 6.27. The predicted octanol–water partition coefficient (Wildman–Crippen LogP) is 2.33. The normalized spacial score (nSPS) is 13.1. The van der Waals surface area contributed by atoms with Crippen LogP contribution in [0.5, 0.6) is 0 Å². The molecule has 3 nitrogen and oxygen atoms in total. The molecule has 1 aromatic rings. The molecule has 0 saturated carbocycles. The molecule has 0 saturated heterocycles. The zero-order chi connectivity index (χ0) is 11.3. The Balaban J connectivity index is 2.70. The molecule has 0 radical (unpaired) electrons. The molecule has 84 valence electrons. The molecule has 1 unspecified atom stereocenters. The van der Waals surface area contributed by atoms with Gasteiger partial charge < -0.3 is 0 Å². The van der Waals surface area contributed by atoms with E-state index in [0.29, 0.717) is 5.92 Å². The molecule has 1 heterocycles. The maximum Gasteiger partial charge on any atom is 0.0634 e. The molecule has 0 amide bonds. The molecule has 0 bridgehead atoms. The number of hydrazine groups is 1. The summed E-state index contributed by atoms with van der Waals surface area (Å²) >= 11 is 0. The lowest BCUT2D eigenvalue weighted by molar-refractivity contribution is 0.440. The average Bonchev–Trinajstić information content (AvgIpc) is 2.21. The molecule has 3 heteroatoms. The number of hydrogen-bond acceptors (Lipinski definition) is 3.